The summed E-state index contributed by atoms with van der Waals surface area (Å²) in [5.41, 5.74) is -0.362. The maximum absolute atomic E-state index is 12.1. The van der Waals surface area contributed by atoms with Crippen LogP contribution in [0.3, 0.4) is 0 Å². The Morgan fingerprint density at radius 1 is 1.18 bits per heavy atom. The number of nitrogens with zero attached hydrogens (tertiary/aromatic N) is 1. The molecule has 6 heteroatoms. The van der Waals surface area contributed by atoms with E-state index in [2.05, 4.69) is 0 Å². The lowest BCUT2D eigenvalue weighted by molar-refractivity contribution is 0.0582. The fourth-order valence-electron chi connectivity index (χ4n) is 1.17. The third-order valence-electron chi connectivity index (χ3n) is 2.16. The lowest BCUT2D eigenvalue weighted by atomic mass is 10.1. The zero-order chi connectivity index (χ0) is 13.4. The van der Waals surface area contributed by atoms with Gasteiger partial charge < -0.3 is 0 Å². The van der Waals surface area contributed by atoms with Crippen LogP contribution in [-0.2, 0) is 0 Å². The van der Waals surface area contributed by atoms with Gasteiger partial charge in [-0.2, -0.15) is 0 Å². The summed E-state index contributed by atoms with van der Waals surface area (Å²) < 4.78 is 0. The Balaban J connectivity index is 3.22. The number of rotatable bonds is 1. The molecule has 1 amide bonds. The highest BCUT2D eigenvalue weighted by atomic mass is 35.5. The molecule has 0 aliphatic carbocycles. The van der Waals surface area contributed by atoms with Crippen LogP contribution in [0.4, 0.5) is 0 Å². The molecule has 0 bridgehead atoms. The summed E-state index contributed by atoms with van der Waals surface area (Å²) >= 11 is 17.7. The SMILES string of the molecule is CC(C)(C)N(N)C(=O)c1c(Cl)cc(Cl)cc1Cl. The van der Waals surface area contributed by atoms with Crippen molar-refractivity contribution in [3.8, 4) is 0 Å². The molecule has 0 aliphatic heterocycles. The van der Waals surface area contributed by atoms with Crippen LogP contribution in [0.25, 0.3) is 0 Å². The zero-order valence-electron chi connectivity index (χ0n) is 9.72. The molecule has 17 heavy (non-hydrogen) atoms. The van der Waals surface area contributed by atoms with Gasteiger partial charge in [-0.05, 0) is 32.9 Å². The molecule has 0 spiro atoms. The van der Waals surface area contributed by atoms with Crippen LogP contribution in [-0.4, -0.2) is 16.5 Å². The molecule has 1 aromatic rings. The number of halogens is 3. The molecule has 0 unspecified atom stereocenters. The molecule has 1 rings (SSSR count). The van der Waals surface area contributed by atoms with Crippen molar-refractivity contribution in [2.75, 3.05) is 0 Å². The van der Waals surface area contributed by atoms with Gasteiger partial charge in [0.25, 0.3) is 5.91 Å². The van der Waals surface area contributed by atoms with E-state index in [1.165, 1.54) is 12.1 Å². The van der Waals surface area contributed by atoms with Gasteiger partial charge in [-0.3, -0.25) is 9.80 Å². The van der Waals surface area contributed by atoms with E-state index in [4.69, 9.17) is 40.6 Å². The van der Waals surface area contributed by atoms with Crippen molar-refractivity contribution in [2.45, 2.75) is 26.3 Å². The molecule has 0 fully saturated rings. The third-order valence-corrected chi connectivity index (χ3v) is 2.98. The molecular weight excluding hydrogens is 282 g/mol. The Morgan fingerprint density at radius 2 is 1.59 bits per heavy atom. The number of nitrogens with two attached hydrogens (primary N) is 1. The number of hydrogen-bond donors (Lipinski definition) is 1. The maximum atomic E-state index is 12.1. The molecule has 0 aromatic heterocycles. The molecule has 0 saturated carbocycles. The minimum absolute atomic E-state index is 0.162. The molecule has 94 valence electrons. The average molecular weight is 296 g/mol. The maximum Gasteiger partial charge on any atom is 0.271 e. The number of carbonyl (C=O) groups excluding carboxylic acids is 1. The van der Waals surface area contributed by atoms with Gasteiger partial charge in [0, 0.05) is 5.02 Å². The number of carbonyl (C=O) groups is 1. The van der Waals surface area contributed by atoms with E-state index >= 15 is 0 Å². The van der Waals surface area contributed by atoms with Crippen LogP contribution >= 0.6 is 34.8 Å². The lowest BCUT2D eigenvalue weighted by Crippen LogP contribution is -2.50. The molecule has 0 radical (unpaired) electrons. The summed E-state index contributed by atoms with van der Waals surface area (Å²) in [5, 5.41) is 1.84. The van der Waals surface area contributed by atoms with Gasteiger partial charge in [0.15, 0.2) is 0 Å². The number of benzene rings is 1. The van der Waals surface area contributed by atoms with E-state index in [0.29, 0.717) is 5.02 Å². The summed E-state index contributed by atoms with van der Waals surface area (Å²) in [6.07, 6.45) is 0. The van der Waals surface area contributed by atoms with Gasteiger partial charge in [0.2, 0.25) is 0 Å². The summed E-state index contributed by atoms with van der Waals surface area (Å²) in [7, 11) is 0. The summed E-state index contributed by atoms with van der Waals surface area (Å²) in [5.74, 6) is 5.30. The van der Waals surface area contributed by atoms with Crippen molar-refractivity contribution in [1.29, 1.82) is 0 Å². The normalized spacial score (nSPS) is 11.5. The predicted octanol–water partition coefficient (Wildman–Crippen LogP) is 3.76. The molecule has 2 N–H and O–H groups in total. The van der Waals surface area contributed by atoms with Crippen LogP contribution in [0.15, 0.2) is 12.1 Å². The smallest absolute Gasteiger partial charge is 0.271 e. The van der Waals surface area contributed by atoms with E-state index in [-0.39, 0.29) is 15.6 Å². The van der Waals surface area contributed by atoms with Crippen molar-refractivity contribution in [3.63, 3.8) is 0 Å². The summed E-state index contributed by atoms with van der Waals surface area (Å²) in [6.45, 7) is 5.42. The first-order chi connectivity index (χ1) is 7.64. The Morgan fingerprint density at radius 3 is 1.94 bits per heavy atom. The second kappa shape index (κ2) is 5.02. The molecule has 0 heterocycles. The van der Waals surface area contributed by atoms with Crippen LogP contribution in [0.5, 0.6) is 0 Å². The Bertz CT molecular complexity index is 432. The van der Waals surface area contributed by atoms with Gasteiger partial charge in [0.1, 0.15) is 0 Å². The van der Waals surface area contributed by atoms with Crippen LogP contribution in [0.1, 0.15) is 31.1 Å². The minimum atomic E-state index is -0.524. The number of amides is 1. The van der Waals surface area contributed by atoms with Crippen molar-refractivity contribution < 1.29 is 4.79 Å². The number of hydrogen-bond acceptors (Lipinski definition) is 2. The van der Waals surface area contributed by atoms with Crippen LogP contribution < -0.4 is 5.84 Å². The third kappa shape index (κ3) is 3.26. The fourth-order valence-corrected chi connectivity index (χ4v) is 2.15. The van der Waals surface area contributed by atoms with Crippen molar-refractivity contribution in [2.24, 2.45) is 5.84 Å². The second-order valence-corrected chi connectivity index (χ2v) is 5.84. The first kappa shape index (κ1) is 14.6. The molecule has 3 nitrogen and oxygen atoms in total. The molecule has 0 saturated heterocycles. The van der Waals surface area contributed by atoms with Crippen molar-refractivity contribution >= 4 is 40.7 Å². The van der Waals surface area contributed by atoms with Crippen molar-refractivity contribution in [3.05, 3.63) is 32.8 Å². The van der Waals surface area contributed by atoms with E-state index in [9.17, 15) is 4.79 Å². The topological polar surface area (TPSA) is 46.3 Å². The average Bonchev–Trinajstić information content (AvgIpc) is 2.13. The summed E-state index contributed by atoms with van der Waals surface area (Å²) in [4.78, 5) is 12.1. The van der Waals surface area contributed by atoms with Crippen LogP contribution in [0.2, 0.25) is 15.1 Å². The van der Waals surface area contributed by atoms with Gasteiger partial charge >= 0.3 is 0 Å². The highest BCUT2D eigenvalue weighted by Crippen LogP contribution is 2.30. The molecule has 1 aromatic carbocycles. The highest BCUT2D eigenvalue weighted by Gasteiger charge is 2.27. The molecule has 0 aliphatic rings. The van der Waals surface area contributed by atoms with Gasteiger partial charge in [-0.15, -0.1) is 0 Å². The summed E-state index contributed by atoms with van der Waals surface area (Å²) in [6, 6.07) is 2.91. The molecular formula is C11H13Cl3N2O. The Labute approximate surface area is 115 Å². The Kier molecular flexibility index (Phi) is 4.31. The molecule has 0 atom stereocenters. The first-order valence-corrected chi connectivity index (χ1v) is 6.02. The van der Waals surface area contributed by atoms with Crippen LogP contribution in [0, 0.1) is 0 Å². The Hall–Kier alpha value is -0.480. The van der Waals surface area contributed by atoms with Crippen molar-refractivity contribution in [1.82, 2.24) is 5.01 Å². The standard InChI is InChI=1S/C11H13Cl3N2O/c1-11(2,3)16(15)10(17)9-7(13)4-6(12)5-8(9)14/h4-5H,15H2,1-3H3. The minimum Gasteiger partial charge on any atom is -0.271 e. The number of hydrazine groups is 1. The quantitative estimate of drug-likeness (QED) is 0.487. The van der Waals surface area contributed by atoms with Gasteiger partial charge in [0.05, 0.1) is 21.1 Å². The van der Waals surface area contributed by atoms with Gasteiger partial charge in [-0.1, -0.05) is 34.8 Å². The zero-order valence-corrected chi connectivity index (χ0v) is 12.0. The monoisotopic (exact) mass is 294 g/mol. The largest absolute Gasteiger partial charge is 0.271 e. The first-order valence-electron chi connectivity index (χ1n) is 4.88. The predicted molar refractivity (Wildman–Crippen MR) is 71.6 cm³/mol. The van der Waals surface area contributed by atoms with E-state index in [0.717, 1.165) is 5.01 Å². The van der Waals surface area contributed by atoms with E-state index in [1.807, 2.05) is 20.8 Å². The van der Waals surface area contributed by atoms with Gasteiger partial charge in [-0.25, -0.2) is 5.84 Å². The lowest BCUT2D eigenvalue weighted by Gasteiger charge is -2.31. The highest BCUT2D eigenvalue weighted by molar-refractivity contribution is 6.42. The van der Waals surface area contributed by atoms with E-state index < -0.39 is 11.4 Å². The van der Waals surface area contributed by atoms with E-state index in [1.54, 1.807) is 0 Å². The fraction of sp³-hybridized carbons (Fsp3) is 0.364. The second-order valence-electron chi connectivity index (χ2n) is 4.59.